The van der Waals surface area contributed by atoms with E-state index in [1.54, 1.807) is 11.3 Å². The van der Waals surface area contributed by atoms with Crippen LogP contribution in [0.5, 0.6) is 0 Å². The van der Waals surface area contributed by atoms with Crippen LogP contribution < -0.4 is 0 Å². The summed E-state index contributed by atoms with van der Waals surface area (Å²) in [5.41, 5.74) is 3.44. The van der Waals surface area contributed by atoms with E-state index in [1.165, 1.54) is 17.0 Å². The lowest BCUT2D eigenvalue weighted by Gasteiger charge is -2.34. The smallest absolute Gasteiger partial charge is 0.264 e. The lowest BCUT2D eigenvalue weighted by Crippen LogP contribution is -2.48. The van der Waals surface area contributed by atoms with E-state index in [1.807, 2.05) is 28.5 Å². The summed E-state index contributed by atoms with van der Waals surface area (Å²) in [7, 11) is 0. The molecule has 1 aliphatic heterocycles. The zero-order valence-corrected chi connectivity index (χ0v) is 17.0. The molecule has 4 aromatic rings. The molecule has 7 heteroatoms. The molecule has 5 nitrogen and oxygen atoms in total. The summed E-state index contributed by atoms with van der Waals surface area (Å²) < 4.78 is 2.20. The summed E-state index contributed by atoms with van der Waals surface area (Å²) in [5.74, 6) is 0.157. The van der Waals surface area contributed by atoms with Crippen molar-refractivity contribution in [2.24, 2.45) is 0 Å². The molecule has 0 spiro atoms. The average molecular weight is 409 g/mol. The third-order valence-corrected chi connectivity index (χ3v) is 6.79. The maximum absolute atomic E-state index is 12.6. The molecule has 1 fully saturated rings. The quantitative estimate of drug-likeness (QED) is 0.511. The zero-order valence-electron chi connectivity index (χ0n) is 15.3. The van der Waals surface area contributed by atoms with Gasteiger partial charge in [0.15, 0.2) is 4.96 Å². The number of nitrogens with zero attached hydrogens (tertiary/aromatic N) is 4. The highest BCUT2D eigenvalue weighted by atomic mass is 32.1. The molecule has 5 rings (SSSR count). The number of imidazole rings is 1. The molecule has 0 unspecified atom stereocenters. The minimum absolute atomic E-state index is 0.157. The molecule has 1 aliphatic rings. The number of thiazole rings is 1. The van der Waals surface area contributed by atoms with Gasteiger partial charge in [-0.3, -0.25) is 14.1 Å². The van der Waals surface area contributed by atoms with Crippen LogP contribution in [0.3, 0.4) is 0 Å². The molecule has 0 atom stereocenters. The van der Waals surface area contributed by atoms with Crippen LogP contribution in [0.25, 0.3) is 16.2 Å². The topological polar surface area (TPSA) is 40.9 Å². The SMILES string of the molecule is O=C(c1cccs1)N1CCN(Cc2c(-c3ccccc3)nc3sccn23)CC1. The molecule has 1 amide bonds. The van der Waals surface area contributed by atoms with Crippen molar-refractivity contribution in [3.8, 4) is 11.3 Å². The fourth-order valence-electron chi connectivity index (χ4n) is 3.69. The molecular formula is C21H20N4OS2. The molecule has 3 aromatic heterocycles. The van der Waals surface area contributed by atoms with Crippen LogP contribution in [0, 0.1) is 0 Å². The third kappa shape index (κ3) is 3.26. The standard InChI is InChI=1S/C21H20N4OS2/c26-20(18-7-4-13-27-18)24-10-8-23(9-11-24)15-17-19(16-5-2-1-3-6-16)22-21-25(17)12-14-28-21/h1-7,12-14H,8-11,15H2. The number of hydrogen-bond donors (Lipinski definition) is 0. The fraction of sp³-hybridized carbons (Fsp3) is 0.238. The molecule has 142 valence electrons. The highest BCUT2D eigenvalue weighted by Gasteiger charge is 2.24. The highest BCUT2D eigenvalue weighted by molar-refractivity contribution is 7.15. The van der Waals surface area contributed by atoms with Crippen molar-refractivity contribution in [2.75, 3.05) is 26.2 Å². The molecule has 4 heterocycles. The number of rotatable bonds is 4. The molecule has 0 saturated carbocycles. The Morgan fingerprint density at radius 1 is 0.964 bits per heavy atom. The lowest BCUT2D eigenvalue weighted by molar-refractivity contribution is 0.0631. The Morgan fingerprint density at radius 2 is 1.79 bits per heavy atom. The van der Waals surface area contributed by atoms with Gasteiger partial charge >= 0.3 is 0 Å². The Labute approximate surface area is 171 Å². The van der Waals surface area contributed by atoms with E-state index in [-0.39, 0.29) is 5.91 Å². The fourth-order valence-corrected chi connectivity index (χ4v) is 5.11. The molecule has 0 N–H and O–H groups in total. The number of amides is 1. The first-order valence-electron chi connectivity index (χ1n) is 9.34. The number of aromatic nitrogens is 2. The third-order valence-electron chi connectivity index (χ3n) is 5.17. The first-order valence-corrected chi connectivity index (χ1v) is 11.1. The van der Waals surface area contributed by atoms with Crippen LogP contribution in [0.1, 0.15) is 15.4 Å². The number of thiophene rings is 1. The van der Waals surface area contributed by atoms with Gasteiger partial charge in [-0.25, -0.2) is 4.98 Å². The van der Waals surface area contributed by atoms with Crippen molar-refractivity contribution in [2.45, 2.75) is 6.54 Å². The van der Waals surface area contributed by atoms with E-state index in [0.717, 1.165) is 53.8 Å². The summed E-state index contributed by atoms with van der Waals surface area (Å²) in [4.78, 5) is 23.7. The average Bonchev–Trinajstić information content (AvgIpc) is 3.48. The van der Waals surface area contributed by atoms with Crippen molar-refractivity contribution >= 4 is 33.5 Å². The van der Waals surface area contributed by atoms with E-state index in [0.29, 0.717) is 0 Å². The zero-order chi connectivity index (χ0) is 18.9. The number of piperazine rings is 1. The Hall–Kier alpha value is -2.48. The summed E-state index contributed by atoms with van der Waals surface area (Å²) in [6, 6.07) is 14.2. The number of carbonyl (C=O) groups excluding carboxylic acids is 1. The maximum Gasteiger partial charge on any atom is 0.264 e. The molecule has 0 bridgehead atoms. The van der Waals surface area contributed by atoms with Crippen LogP contribution in [0.4, 0.5) is 0 Å². The predicted molar refractivity (Wildman–Crippen MR) is 114 cm³/mol. The van der Waals surface area contributed by atoms with Gasteiger partial charge in [-0.2, -0.15) is 0 Å². The molecule has 0 aliphatic carbocycles. The van der Waals surface area contributed by atoms with Crippen LogP contribution in [0.15, 0.2) is 59.4 Å². The second-order valence-corrected chi connectivity index (χ2v) is 8.70. The monoisotopic (exact) mass is 408 g/mol. The van der Waals surface area contributed by atoms with Crippen molar-refractivity contribution in [3.63, 3.8) is 0 Å². The molecule has 28 heavy (non-hydrogen) atoms. The van der Waals surface area contributed by atoms with Gasteiger partial charge < -0.3 is 4.90 Å². The van der Waals surface area contributed by atoms with Gasteiger partial charge in [0.2, 0.25) is 0 Å². The van der Waals surface area contributed by atoms with Gasteiger partial charge in [0.1, 0.15) is 0 Å². The van der Waals surface area contributed by atoms with Crippen LogP contribution >= 0.6 is 22.7 Å². The summed E-state index contributed by atoms with van der Waals surface area (Å²) >= 11 is 3.18. The van der Waals surface area contributed by atoms with Gasteiger partial charge in [0.05, 0.1) is 16.3 Å². The van der Waals surface area contributed by atoms with Crippen molar-refractivity contribution < 1.29 is 4.79 Å². The van der Waals surface area contributed by atoms with Gasteiger partial charge in [-0.1, -0.05) is 36.4 Å². The second kappa shape index (κ2) is 7.50. The van der Waals surface area contributed by atoms with Crippen molar-refractivity contribution in [3.05, 3.63) is 70.0 Å². The van der Waals surface area contributed by atoms with E-state index in [9.17, 15) is 4.79 Å². The molecule has 0 radical (unpaired) electrons. The van der Waals surface area contributed by atoms with Gasteiger partial charge in [-0.05, 0) is 11.4 Å². The Morgan fingerprint density at radius 3 is 2.54 bits per heavy atom. The first kappa shape index (κ1) is 17.6. The highest BCUT2D eigenvalue weighted by Crippen LogP contribution is 2.28. The number of benzene rings is 1. The lowest BCUT2D eigenvalue weighted by atomic mass is 10.1. The normalized spacial score (nSPS) is 15.4. The maximum atomic E-state index is 12.6. The van der Waals surface area contributed by atoms with Gasteiger partial charge in [-0.15, -0.1) is 22.7 Å². The summed E-state index contributed by atoms with van der Waals surface area (Å²) in [6.07, 6.45) is 2.10. The number of fused-ring (bicyclic) bond motifs is 1. The number of carbonyl (C=O) groups is 1. The van der Waals surface area contributed by atoms with Gasteiger partial charge in [0, 0.05) is 49.9 Å². The predicted octanol–water partition coefficient (Wildman–Crippen LogP) is 4.08. The Balaban J connectivity index is 1.34. The van der Waals surface area contributed by atoms with E-state index >= 15 is 0 Å². The first-order chi connectivity index (χ1) is 13.8. The summed E-state index contributed by atoms with van der Waals surface area (Å²) in [5, 5.41) is 4.04. The minimum atomic E-state index is 0.157. The van der Waals surface area contributed by atoms with Crippen LogP contribution in [0.2, 0.25) is 0 Å². The second-order valence-electron chi connectivity index (χ2n) is 6.87. The van der Waals surface area contributed by atoms with E-state index in [2.05, 4.69) is 45.1 Å². The Bertz CT molecular complexity index is 1080. The van der Waals surface area contributed by atoms with Gasteiger partial charge in [0.25, 0.3) is 5.91 Å². The Kier molecular flexibility index (Phi) is 4.72. The molecule has 1 saturated heterocycles. The van der Waals surface area contributed by atoms with Crippen molar-refractivity contribution in [1.29, 1.82) is 0 Å². The molecule has 1 aromatic carbocycles. The van der Waals surface area contributed by atoms with Crippen LogP contribution in [-0.2, 0) is 6.54 Å². The van der Waals surface area contributed by atoms with Crippen molar-refractivity contribution in [1.82, 2.24) is 19.2 Å². The largest absolute Gasteiger partial charge is 0.335 e. The number of hydrogen-bond acceptors (Lipinski definition) is 5. The minimum Gasteiger partial charge on any atom is -0.335 e. The molecular weight excluding hydrogens is 388 g/mol. The summed E-state index contributed by atoms with van der Waals surface area (Å²) in [6.45, 7) is 4.13. The van der Waals surface area contributed by atoms with Crippen LogP contribution in [-0.4, -0.2) is 51.3 Å². The van der Waals surface area contributed by atoms with E-state index in [4.69, 9.17) is 4.98 Å². The van der Waals surface area contributed by atoms with E-state index < -0.39 is 0 Å².